The molecular weight excluding hydrogens is 200 g/mol. The van der Waals surface area contributed by atoms with Gasteiger partial charge in [-0.25, -0.2) is 0 Å². The highest BCUT2D eigenvalue weighted by molar-refractivity contribution is 4.94. The first kappa shape index (κ1) is 12.3. The van der Waals surface area contributed by atoms with Gasteiger partial charge in [-0.15, -0.1) is 0 Å². The normalized spacial score (nSPS) is 33.0. The van der Waals surface area contributed by atoms with Crippen LogP contribution in [0.2, 0.25) is 0 Å². The lowest BCUT2D eigenvalue weighted by atomic mass is 9.94. The molecule has 2 aliphatic heterocycles. The third-order valence-corrected chi connectivity index (χ3v) is 4.20. The number of methoxy groups -OCH3 is 1. The third-order valence-electron chi connectivity index (χ3n) is 4.20. The van der Waals surface area contributed by atoms with Crippen LogP contribution in [0.3, 0.4) is 0 Å². The maximum atomic E-state index is 5.37. The molecule has 2 heterocycles. The van der Waals surface area contributed by atoms with Crippen molar-refractivity contribution in [1.29, 1.82) is 0 Å². The second-order valence-corrected chi connectivity index (χ2v) is 5.68. The summed E-state index contributed by atoms with van der Waals surface area (Å²) in [5, 5.41) is 3.66. The maximum Gasteiger partial charge on any atom is 0.0620 e. The maximum absolute atomic E-state index is 5.37. The second kappa shape index (κ2) is 5.48. The Bertz CT molecular complexity index is 206. The van der Waals surface area contributed by atoms with Crippen molar-refractivity contribution >= 4 is 0 Å². The van der Waals surface area contributed by atoms with Crippen molar-refractivity contribution < 1.29 is 4.74 Å². The van der Waals surface area contributed by atoms with Crippen LogP contribution in [0.4, 0.5) is 0 Å². The minimum Gasteiger partial charge on any atom is -0.383 e. The summed E-state index contributed by atoms with van der Waals surface area (Å²) >= 11 is 0. The van der Waals surface area contributed by atoms with E-state index in [0.717, 1.165) is 18.6 Å². The fraction of sp³-hybridized carbons (Fsp3) is 1.00. The molecule has 1 N–H and O–H groups in total. The van der Waals surface area contributed by atoms with Gasteiger partial charge < -0.3 is 10.1 Å². The zero-order valence-electron chi connectivity index (χ0n) is 10.9. The highest BCUT2D eigenvalue weighted by Crippen LogP contribution is 2.28. The summed E-state index contributed by atoms with van der Waals surface area (Å²) in [5.74, 6) is 1.56. The molecule has 3 unspecified atom stereocenters. The van der Waals surface area contributed by atoms with Gasteiger partial charge in [0.1, 0.15) is 0 Å². The van der Waals surface area contributed by atoms with Crippen LogP contribution in [0.25, 0.3) is 0 Å². The Hall–Kier alpha value is -0.120. The lowest BCUT2D eigenvalue weighted by Crippen LogP contribution is -2.43. The number of rotatable bonds is 4. The molecule has 0 radical (unpaired) electrons. The lowest BCUT2D eigenvalue weighted by Gasteiger charge is -2.30. The van der Waals surface area contributed by atoms with E-state index >= 15 is 0 Å². The molecule has 0 bridgehead atoms. The molecule has 3 nitrogen and oxygen atoms in total. The van der Waals surface area contributed by atoms with Gasteiger partial charge in [-0.2, -0.15) is 0 Å². The largest absolute Gasteiger partial charge is 0.383 e. The van der Waals surface area contributed by atoms with Crippen LogP contribution < -0.4 is 5.32 Å². The van der Waals surface area contributed by atoms with Gasteiger partial charge in [0.25, 0.3) is 0 Å². The molecule has 0 aromatic rings. The minimum absolute atomic E-state index is 0.595. The Morgan fingerprint density at radius 3 is 2.81 bits per heavy atom. The fourth-order valence-electron chi connectivity index (χ4n) is 3.24. The van der Waals surface area contributed by atoms with Crippen LogP contribution in [0, 0.1) is 11.8 Å². The van der Waals surface area contributed by atoms with Crippen molar-refractivity contribution in [3.8, 4) is 0 Å². The van der Waals surface area contributed by atoms with Crippen molar-refractivity contribution in [3.63, 3.8) is 0 Å². The van der Waals surface area contributed by atoms with Crippen molar-refractivity contribution in [3.05, 3.63) is 0 Å². The molecular formula is C13H26N2O. The van der Waals surface area contributed by atoms with Gasteiger partial charge in [-0.3, -0.25) is 4.90 Å². The molecule has 3 atom stereocenters. The Balaban J connectivity index is 1.94. The van der Waals surface area contributed by atoms with Gasteiger partial charge in [0.2, 0.25) is 0 Å². The van der Waals surface area contributed by atoms with E-state index in [1.54, 1.807) is 0 Å². The van der Waals surface area contributed by atoms with Gasteiger partial charge in [0, 0.05) is 32.3 Å². The van der Waals surface area contributed by atoms with Crippen LogP contribution >= 0.6 is 0 Å². The summed E-state index contributed by atoms with van der Waals surface area (Å²) in [6.07, 6.45) is 2.76. The smallest absolute Gasteiger partial charge is 0.0620 e. The topological polar surface area (TPSA) is 24.5 Å². The Kier molecular flexibility index (Phi) is 4.22. The molecule has 0 aromatic carbocycles. The van der Waals surface area contributed by atoms with Crippen molar-refractivity contribution in [2.45, 2.75) is 38.8 Å². The van der Waals surface area contributed by atoms with Gasteiger partial charge in [-0.1, -0.05) is 13.8 Å². The first-order valence-corrected chi connectivity index (χ1v) is 6.68. The van der Waals surface area contributed by atoms with Crippen molar-refractivity contribution in [2.75, 3.05) is 33.4 Å². The molecule has 0 amide bonds. The van der Waals surface area contributed by atoms with E-state index in [1.807, 2.05) is 7.11 Å². The number of piperidine rings is 1. The molecule has 0 spiro atoms. The number of nitrogens with zero attached hydrogens (tertiary/aromatic N) is 1. The van der Waals surface area contributed by atoms with E-state index in [0.29, 0.717) is 12.0 Å². The SMILES string of the molecule is COCC(C(C)C)N1CC2CCCNC2C1. The van der Waals surface area contributed by atoms with Crippen LogP contribution in [0.1, 0.15) is 26.7 Å². The summed E-state index contributed by atoms with van der Waals surface area (Å²) in [7, 11) is 1.82. The van der Waals surface area contributed by atoms with Gasteiger partial charge in [-0.05, 0) is 31.2 Å². The predicted molar refractivity (Wildman–Crippen MR) is 66.6 cm³/mol. The summed E-state index contributed by atoms with van der Waals surface area (Å²) < 4.78 is 5.37. The predicted octanol–water partition coefficient (Wildman–Crippen LogP) is 1.34. The first-order chi connectivity index (χ1) is 7.72. The summed E-state index contributed by atoms with van der Waals surface area (Å²) in [4.78, 5) is 2.64. The van der Waals surface area contributed by atoms with E-state index in [2.05, 4.69) is 24.1 Å². The second-order valence-electron chi connectivity index (χ2n) is 5.68. The van der Waals surface area contributed by atoms with Crippen LogP contribution in [-0.2, 0) is 4.74 Å². The zero-order valence-corrected chi connectivity index (χ0v) is 10.9. The number of likely N-dealkylation sites (tertiary alicyclic amines) is 1. The Morgan fingerprint density at radius 1 is 1.38 bits per heavy atom. The molecule has 16 heavy (non-hydrogen) atoms. The van der Waals surface area contributed by atoms with E-state index in [-0.39, 0.29) is 0 Å². The molecule has 2 rings (SSSR count). The molecule has 2 aliphatic rings. The van der Waals surface area contributed by atoms with Gasteiger partial charge in [0.15, 0.2) is 0 Å². The highest BCUT2D eigenvalue weighted by Gasteiger charge is 2.37. The number of hydrogen-bond donors (Lipinski definition) is 1. The Morgan fingerprint density at radius 2 is 2.19 bits per heavy atom. The van der Waals surface area contributed by atoms with Crippen molar-refractivity contribution in [2.24, 2.45) is 11.8 Å². The number of nitrogens with one attached hydrogen (secondary N) is 1. The summed E-state index contributed by atoms with van der Waals surface area (Å²) in [6, 6.07) is 1.34. The molecule has 2 saturated heterocycles. The average Bonchev–Trinajstić information content (AvgIpc) is 2.68. The number of fused-ring (bicyclic) bond motifs is 1. The number of hydrogen-bond acceptors (Lipinski definition) is 3. The highest BCUT2D eigenvalue weighted by atomic mass is 16.5. The summed E-state index contributed by atoms with van der Waals surface area (Å²) in [5.41, 5.74) is 0. The quantitative estimate of drug-likeness (QED) is 0.783. The molecule has 2 fully saturated rings. The average molecular weight is 226 g/mol. The van der Waals surface area contributed by atoms with Gasteiger partial charge >= 0.3 is 0 Å². The Labute approximate surface area is 99.5 Å². The van der Waals surface area contributed by atoms with E-state index in [4.69, 9.17) is 4.74 Å². The van der Waals surface area contributed by atoms with Crippen LogP contribution in [-0.4, -0.2) is 50.3 Å². The van der Waals surface area contributed by atoms with Gasteiger partial charge in [0.05, 0.1) is 6.61 Å². The standard InChI is InChI=1S/C13H26N2O/c1-10(2)13(9-16-3)15-7-11-5-4-6-14-12(11)8-15/h10-14H,4-9H2,1-3H3. The minimum atomic E-state index is 0.595. The van der Waals surface area contributed by atoms with E-state index in [9.17, 15) is 0 Å². The molecule has 94 valence electrons. The molecule has 0 saturated carbocycles. The molecule has 3 heteroatoms. The van der Waals surface area contributed by atoms with Crippen molar-refractivity contribution in [1.82, 2.24) is 10.2 Å². The lowest BCUT2D eigenvalue weighted by molar-refractivity contribution is 0.0763. The third kappa shape index (κ3) is 2.58. The molecule has 0 aliphatic carbocycles. The van der Waals surface area contributed by atoms with E-state index < -0.39 is 0 Å². The zero-order chi connectivity index (χ0) is 11.5. The first-order valence-electron chi connectivity index (χ1n) is 6.68. The number of ether oxygens (including phenoxy) is 1. The van der Waals surface area contributed by atoms with E-state index in [1.165, 1.54) is 32.5 Å². The fourth-order valence-corrected chi connectivity index (χ4v) is 3.24. The molecule has 0 aromatic heterocycles. The monoisotopic (exact) mass is 226 g/mol. The van der Waals surface area contributed by atoms with Crippen LogP contribution in [0.5, 0.6) is 0 Å². The van der Waals surface area contributed by atoms with Crippen LogP contribution in [0.15, 0.2) is 0 Å². The summed E-state index contributed by atoms with van der Waals surface area (Å²) in [6.45, 7) is 9.18.